The third kappa shape index (κ3) is 1.26. The van der Waals surface area contributed by atoms with E-state index < -0.39 is 5.43 Å². The fourth-order valence-corrected chi connectivity index (χ4v) is 2.01. The molecule has 0 radical (unpaired) electrons. The average molecular weight is 237 g/mol. The first-order valence-electron chi connectivity index (χ1n) is 5.24. The minimum atomic E-state index is -0.490. The van der Waals surface area contributed by atoms with Crippen molar-refractivity contribution in [1.82, 2.24) is 9.97 Å². The zero-order valence-corrected chi connectivity index (χ0v) is 9.14. The quantitative estimate of drug-likeness (QED) is 0.582. The molecule has 18 heavy (non-hydrogen) atoms. The number of nitriles is 1. The maximum Gasteiger partial charge on any atom is 0.210 e. The Hall–Kier alpha value is -2.87. The Bertz CT molecular complexity index is 875. The largest absolute Gasteiger partial charge is 0.507 e. The lowest BCUT2D eigenvalue weighted by molar-refractivity contribution is 0.482. The molecule has 3 rings (SSSR count). The molecular formula is C13H7N3O2. The monoisotopic (exact) mass is 237 g/mol. The van der Waals surface area contributed by atoms with Gasteiger partial charge in [0.05, 0.1) is 16.4 Å². The number of aromatic nitrogens is 2. The predicted octanol–water partition coefficient (Wildman–Crippen LogP) is 1.65. The average Bonchev–Trinajstić information content (AvgIpc) is 2.39. The number of benzene rings is 1. The summed E-state index contributed by atoms with van der Waals surface area (Å²) in [7, 11) is 0. The second-order valence-corrected chi connectivity index (χ2v) is 3.86. The van der Waals surface area contributed by atoms with Crippen LogP contribution in [0.2, 0.25) is 0 Å². The molecule has 2 aromatic heterocycles. The number of aromatic hydroxyl groups is 1. The lowest BCUT2D eigenvalue weighted by atomic mass is 10.1. The van der Waals surface area contributed by atoms with Crippen molar-refractivity contribution in [2.45, 2.75) is 0 Å². The van der Waals surface area contributed by atoms with Gasteiger partial charge in [-0.15, -0.1) is 0 Å². The van der Waals surface area contributed by atoms with Crippen molar-refractivity contribution >= 4 is 21.8 Å². The molecule has 0 amide bonds. The van der Waals surface area contributed by atoms with Crippen LogP contribution in [-0.2, 0) is 0 Å². The molecule has 0 aliphatic heterocycles. The first-order valence-corrected chi connectivity index (χ1v) is 5.24. The summed E-state index contributed by atoms with van der Waals surface area (Å²) in [6, 6.07) is 6.80. The molecule has 0 aliphatic rings. The van der Waals surface area contributed by atoms with Crippen molar-refractivity contribution < 1.29 is 5.11 Å². The Labute approximate surface area is 101 Å². The summed E-state index contributed by atoms with van der Waals surface area (Å²) in [6.07, 6.45) is 2.94. The van der Waals surface area contributed by atoms with E-state index in [1.54, 1.807) is 24.4 Å². The van der Waals surface area contributed by atoms with Gasteiger partial charge in [-0.05, 0) is 12.1 Å². The highest BCUT2D eigenvalue weighted by Gasteiger charge is 2.12. The van der Waals surface area contributed by atoms with Gasteiger partial charge in [0, 0.05) is 17.8 Å². The molecule has 0 bridgehead atoms. The topological polar surface area (TPSA) is 89.8 Å². The summed E-state index contributed by atoms with van der Waals surface area (Å²) >= 11 is 0. The van der Waals surface area contributed by atoms with Crippen LogP contribution in [0.25, 0.3) is 21.8 Å². The molecule has 0 aliphatic carbocycles. The Morgan fingerprint density at radius 1 is 1.44 bits per heavy atom. The first kappa shape index (κ1) is 10.3. The Kier molecular flexibility index (Phi) is 2.04. The molecule has 1 aromatic carbocycles. The molecule has 3 aromatic rings. The van der Waals surface area contributed by atoms with E-state index in [0.717, 1.165) is 5.39 Å². The van der Waals surface area contributed by atoms with Gasteiger partial charge in [-0.25, -0.2) is 0 Å². The van der Waals surface area contributed by atoms with E-state index in [1.807, 2.05) is 0 Å². The molecule has 5 nitrogen and oxygen atoms in total. The van der Waals surface area contributed by atoms with Crippen LogP contribution in [0.15, 0.2) is 35.4 Å². The van der Waals surface area contributed by atoms with Crippen molar-refractivity contribution in [2.75, 3.05) is 0 Å². The molecular weight excluding hydrogens is 230 g/mol. The van der Waals surface area contributed by atoms with Crippen molar-refractivity contribution in [3.63, 3.8) is 0 Å². The molecule has 0 saturated carbocycles. The first-order chi connectivity index (χ1) is 8.72. The minimum absolute atomic E-state index is 0.0342. The second-order valence-electron chi connectivity index (χ2n) is 3.86. The summed E-state index contributed by atoms with van der Waals surface area (Å²) in [4.78, 5) is 19.0. The summed E-state index contributed by atoms with van der Waals surface area (Å²) in [5, 5.41) is 19.5. The van der Waals surface area contributed by atoms with Crippen LogP contribution in [0.3, 0.4) is 0 Å². The number of rotatable bonds is 0. The van der Waals surface area contributed by atoms with Gasteiger partial charge < -0.3 is 10.1 Å². The maximum atomic E-state index is 12.0. The van der Waals surface area contributed by atoms with Crippen molar-refractivity contribution in [3.8, 4) is 11.8 Å². The number of H-pyrrole nitrogens is 1. The zero-order valence-electron chi connectivity index (χ0n) is 9.14. The van der Waals surface area contributed by atoms with Crippen LogP contribution >= 0.6 is 0 Å². The molecule has 0 unspecified atom stereocenters. The number of phenols is 1. The lowest BCUT2D eigenvalue weighted by Crippen LogP contribution is -2.07. The fourth-order valence-electron chi connectivity index (χ4n) is 2.01. The van der Waals surface area contributed by atoms with E-state index in [2.05, 4.69) is 9.97 Å². The van der Waals surface area contributed by atoms with Crippen LogP contribution in [0.5, 0.6) is 5.75 Å². The fraction of sp³-hybridized carbons (Fsp3) is 0. The van der Waals surface area contributed by atoms with Crippen LogP contribution in [0.4, 0.5) is 0 Å². The molecule has 5 heteroatoms. The highest BCUT2D eigenvalue weighted by molar-refractivity contribution is 6.05. The molecule has 0 fully saturated rings. The molecule has 0 atom stereocenters. The van der Waals surface area contributed by atoms with E-state index in [1.165, 1.54) is 12.3 Å². The number of phenolic OH excluding ortho intramolecular Hbond substituents is 1. The number of nitrogens with one attached hydrogen (secondary N) is 1. The summed E-state index contributed by atoms with van der Waals surface area (Å²) < 4.78 is 0. The number of pyridine rings is 2. The zero-order chi connectivity index (χ0) is 12.7. The Morgan fingerprint density at radius 2 is 2.28 bits per heavy atom. The molecule has 2 N–H and O–H groups in total. The van der Waals surface area contributed by atoms with Crippen molar-refractivity contribution in [2.24, 2.45) is 0 Å². The van der Waals surface area contributed by atoms with E-state index >= 15 is 0 Å². The molecule has 2 heterocycles. The van der Waals surface area contributed by atoms with E-state index in [4.69, 9.17) is 5.26 Å². The smallest absolute Gasteiger partial charge is 0.210 e. The van der Waals surface area contributed by atoms with Gasteiger partial charge in [-0.3, -0.25) is 9.78 Å². The molecule has 0 saturated heterocycles. The van der Waals surface area contributed by atoms with Crippen LogP contribution in [-0.4, -0.2) is 15.1 Å². The molecule has 0 spiro atoms. The van der Waals surface area contributed by atoms with Gasteiger partial charge in [-0.2, -0.15) is 5.26 Å². The highest BCUT2D eigenvalue weighted by Crippen LogP contribution is 2.27. The standard InChI is InChI=1S/C13H7N3O2/c14-5-8-6-16-12-10(13(8)18)9(17)4-7-2-1-3-15-11(7)12/h1-4,6,17H,(H,16,18). The highest BCUT2D eigenvalue weighted by atomic mass is 16.3. The van der Waals surface area contributed by atoms with E-state index in [-0.39, 0.29) is 16.7 Å². The summed E-state index contributed by atoms with van der Waals surface area (Å²) in [5.41, 5.74) is 0.505. The van der Waals surface area contributed by atoms with Gasteiger partial charge in [-0.1, -0.05) is 6.07 Å². The maximum absolute atomic E-state index is 12.0. The normalized spacial score (nSPS) is 10.6. The Morgan fingerprint density at radius 3 is 3.06 bits per heavy atom. The van der Waals surface area contributed by atoms with Gasteiger partial charge in [0.15, 0.2) is 0 Å². The number of nitrogens with zero attached hydrogens (tertiary/aromatic N) is 2. The number of fused-ring (bicyclic) bond motifs is 3. The van der Waals surface area contributed by atoms with Gasteiger partial charge in [0.2, 0.25) is 5.43 Å². The third-order valence-corrected chi connectivity index (χ3v) is 2.83. The number of aromatic amines is 1. The number of hydrogen-bond acceptors (Lipinski definition) is 4. The van der Waals surface area contributed by atoms with Crippen LogP contribution in [0.1, 0.15) is 5.56 Å². The minimum Gasteiger partial charge on any atom is -0.507 e. The number of hydrogen-bond donors (Lipinski definition) is 2. The third-order valence-electron chi connectivity index (χ3n) is 2.83. The van der Waals surface area contributed by atoms with Gasteiger partial charge in [0.1, 0.15) is 17.4 Å². The molecule has 86 valence electrons. The van der Waals surface area contributed by atoms with Crippen molar-refractivity contribution in [3.05, 3.63) is 46.4 Å². The van der Waals surface area contributed by atoms with E-state index in [9.17, 15) is 9.90 Å². The van der Waals surface area contributed by atoms with Crippen molar-refractivity contribution in [1.29, 1.82) is 5.26 Å². The lowest BCUT2D eigenvalue weighted by Gasteiger charge is -2.05. The SMILES string of the molecule is N#Cc1c[nH]c2c(c(O)cc3cccnc32)c1=O. The summed E-state index contributed by atoms with van der Waals surface area (Å²) in [5.74, 6) is -0.149. The van der Waals surface area contributed by atoms with Gasteiger partial charge in [0.25, 0.3) is 0 Å². The Balaban J connectivity index is 2.65. The second kappa shape index (κ2) is 3.57. The van der Waals surface area contributed by atoms with Crippen LogP contribution < -0.4 is 5.43 Å². The van der Waals surface area contributed by atoms with Crippen LogP contribution in [0, 0.1) is 11.3 Å². The van der Waals surface area contributed by atoms with E-state index in [0.29, 0.717) is 11.0 Å². The predicted molar refractivity (Wildman–Crippen MR) is 66.2 cm³/mol. The summed E-state index contributed by atoms with van der Waals surface area (Å²) in [6.45, 7) is 0. The van der Waals surface area contributed by atoms with Gasteiger partial charge >= 0.3 is 0 Å².